The first kappa shape index (κ1) is 25.9. The van der Waals surface area contributed by atoms with E-state index in [-0.39, 0.29) is 0 Å². The van der Waals surface area contributed by atoms with Crippen LogP contribution in [-0.2, 0) is 0 Å². The molecule has 0 aromatic heterocycles. The number of hydrogen-bond acceptors (Lipinski definition) is 4. The molecule has 4 nitrogen and oxygen atoms in total. The molecule has 5 aromatic rings. The zero-order valence-electron chi connectivity index (χ0n) is 26.9. The quantitative estimate of drug-likeness (QED) is 0.204. The minimum absolute atomic E-state index is 0.363. The second-order valence-corrected chi connectivity index (χ2v) is 14.8. The molecule has 2 saturated heterocycles. The highest BCUT2D eigenvalue weighted by Crippen LogP contribution is 2.69. The van der Waals surface area contributed by atoms with Crippen molar-refractivity contribution >= 4 is 32.9 Å². The summed E-state index contributed by atoms with van der Waals surface area (Å²) in [7, 11) is 3.82. The SMILES string of the molecule is COc1c2c(c(OC)c3c1[C@H]1C[C@@H]3c3cc4cc(N5CCCC5)ccc4cc31)[C@H]1C[C@@H]2c2cc3ccc(N4CCCC4)cc3cc21. The van der Waals surface area contributed by atoms with Crippen LogP contribution in [0.4, 0.5) is 11.4 Å². The van der Waals surface area contributed by atoms with Gasteiger partial charge in [-0.05, 0) is 107 Å². The molecule has 0 radical (unpaired) electrons. The number of fused-ring (bicyclic) bond motifs is 18. The minimum Gasteiger partial charge on any atom is -0.496 e. The predicted molar refractivity (Wildman–Crippen MR) is 187 cm³/mol. The molecular weight excluding hydrogens is 564 g/mol. The molecule has 11 rings (SSSR count). The van der Waals surface area contributed by atoms with Crippen LogP contribution in [0.2, 0.25) is 0 Å². The molecule has 4 bridgehead atoms. The highest BCUT2D eigenvalue weighted by Gasteiger charge is 2.53. The number of rotatable bonds is 4. The molecule has 6 aliphatic rings. The van der Waals surface area contributed by atoms with Gasteiger partial charge in [0.1, 0.15) is 11.5 Å². The third kappa shape index (κ3) is 3.25. The number of nitrogens with zero attached hydrogens (tertiary/aromatic N) is 2. The van der Waals surface area contributed by atoms with Crippen LogP contribution in [-0.4, -0.2) is 40.4 Å². The summed E-state index contributed by atoms with van der Waals surface area (Å²) in [6.45, 7) is 4.71. The number of methoxy groups -OCH3 is 2. The monoisotopic (exact) mass is 604 g/mol. The van der Waals surface area contributed by atoms with Crippen LogP contribution in [0.25, 0.3) is 21.5 Å². The van der Waals surface area contributed by atoms with E-state index in [4.69, 9.17) is 9.47 Å². The Morgan fingerprint density at radius 1 is 0.457 bits per heavy atom. The molecule has 4 aliphatic carbocycles. The summed E-state index contributed by atoms with van der Waals surface area (Å²) in [6.07, 6.45) is 7.46. The molecule has 4 heteroatoms. The van der Waals surface area contributed by atoms with Crippen molar-refractivity contribution in [2.75, 3.05) is 50.2 Å². The van der Waals surface area contributed by atoms with Crippen LogP contribution in [0.3, 0.4) is 0 Å². The van der Waals surface area contributed by atoms with Crippen molar-refractivity contribution in [1.29, 1.82) is 0 Å². The Morgan fingerprint density at radius 3 is 1.15 bits per heavy atom. The van der Waals surface area contributed by atoms with Crippen molar-refractivity contribution in [1.82, 2.24) is 0 Å². The van der Waals surface area contributed by atoms with Crippen molar-refractivity contribution in [3.05, 3.63) is 105 Å². The second-order valence-electron chi connectivity index (χ2n) is 14.8. The van der Waals surface area contributed by atoms with Crippen molar-refractivity contribution in [2.45, 2.75) is 62.2 Å². The van der Waals surface area contributed by atoms with Gasteiger partial charge in [-0.15, -0.1) is 0 Å². The lowest BCUT2D eigenvalue weighted by atomic mass is 9.76. The molecule has 4 atom stereocenters. The standard InChI is InChI=1S/C42H40N2O2/c1-45-41-37-33-21-35(31-19-25-15-27(43-11-3-4-12-43)9-7-23(25)17-29(31)33)39(37)42(46-2)40-36-22-34(38(40)41)30-18-24-8-10-28(44-13-5-6-14-44)16-26(24)20-32(30)36/h7-10,15-20,33-36H,3-6,11-14,21-22H2,1-2H3/t33-,34+,35+,36-. The summed E-state index contributed by atoms with van der Waals surface area (Å²) in [4.78, 5) is 5.10. The molecule has 2 aliphatic heterocycles. The van der Waals surface area contributed by atoms with Crippen LogP contribution in [0.5, 0.6) is 11.5 Å². The van der Waals surface area contributed by atoms with Crippen LogP contribution in [0, 0.1) is 0 Å². The Bertz CT molecular complexity index is 1990. The maximum Gasteiger partial charge on any atom is 0.127 e. The molecule has 0 spiro atoms. The third-order valence-corrected chi connectivity index (χ3v) is 12.8. The summed E-state index contributed by atoms with van der Waals surface area (Å²) < 4.78 is 13.0. The first-order valence-corrected chi connectivity index (χ1v) is 17.7. The van der Waals surface area contributed by atoms with E-state index in [0.29, 0.717) is 23.7 Å². The van der Waals surface area contributed by atoms with Gasteiger partial charge in [-0.1, -0.05) is 36.4 Å². The van der Waals surface area contributed by atoms with Gasteiger partial charge in [0.2, 0.25) is 0 Å². The molecular formula is C42H40N2O2. The van der Waals surface area contributed by atoms with Crippen LogP contribution < -0.4 is 19.3 Å². The molecule has 0 amide bonds. The first-order valence-electron chi connectivity index (χ1n) is 17.7. The van der Waals surface area contributed by atoms with E-state index < -0.39 is 0 Å². The Kier molecular flexibility index (Phi) is 5.20. The zero-order valence-corrected chi connectivity index (χ0v) is 26.9. The van der Waals surface area contributed by atoms with Crippen LogP contribution in [0.15, 0.2) is 60.7 Å². The van der Waals surface area contributed by atoms with Gasteiger partial charge in [0, 0.05) is 83.5 Å². The van der Waals surface area contributed by atoms with E-state index in [1.54, 1.807) is 0 Å². The number of anilines is 2. The second kappa shape index (κ2) is 9.21. The normalized spacial score (nSPS) is 24.7. The van der Waals surface area contributed by atoms with E-state index in [9.17, 15) is 0 Å². The Balaban J connectivity index is 1.06. The van der Waals surface area contributed by atoms with Gasteiger partial charge in [-0.3, -0.25) is 0 Å². The van der Waals surface area contributed by atoms with E-state index >= 15 is 0 Å². The van der Waals surface area contributed by atoms with Crippen molar-refractivity contribution in [2.24, 2.45) is 0 Å². The fourth-order valence-corrected chi connectivity index (χ4v) is 10.9. The van der Waals surface area contributed by atoms with Gasteiger partial charge >= 0.3 is 0 Å². The maximum atomic E-state index is 6.51. The van der Waals surface area contributed by atoms with E-state index in [1.807, 2.05) is 14.2 Å². The van der Waals surface area contributed by atoms with Crippen molar-refractivity contribution in [3.8, 4) is 11.5 Å². The molecule has 0 N–H and O–H groups in total. The van der Waals surface area contributed by atoms with Gasteiger partial charge < -0.3 is 19.3 Å². The molecule has 2 fully saturated rings. The highest BCUT2D eigenvalue weighted by molar-refractivity contribution is 5.91. The van der Waals surface area contributed by atoms with E-state index in [0.717, 1.165) is 24.3 Å². The number of ether oxygens (including phenoxy) is 2. The third-order valence-electron chi connectivity index (χ3n) is 12.8. The van der Waals surface area contributed by atoms with E-state index in [2.05, 4.69) is 70.5 Å². The van der Waals surface area contributed by atoms with Crippen LogP contribution in [0.1, 0.15) is 107 Å². The Hall–Kier alpha value is -4.18. The summed E-state index contributed by atoms with van der Waals surface area (Å²) >= 11 is 0. The van der Waals surface area contributed by atoms with Gasteiger partial charge in [0.05, 0.1) is 14.2 Å². The fraction of sp³-hybridized carbons (Fsp3) is 0.381. The lowest BCUT2D eigenvalue weighted by molar-refractivity contribution is 0.388. The molecule has 0 saturated carbocycles. The van der Waals surface area contributed by atoms with Gasteiger partial charge in [0.25, 0.3) is 0 Å². The molecule has 2 heterocycles. The number of benzene rings is 5. The van der Waals surface area contributed by atoms with Crippen molar-refractivity contribution < 1.29 is 9.47 Å². The Labute approximate surface area is 270 Å². The Morgan fingerprint density at radius 2 is 0.804 bits per heavy atom. The largest absolute Gasteiger partial charge is 0.496 e. The maximum absolute atomic E-state index is 6.51. The average Bonchev–Trinajstić information content (AvgIpc) is 3.94. The van der Waals surface area contributed by atoms with Gasteiger partial charge in [-0.2, -0.15) is 0 Å². The minimum atomic E-state index is 0.363. The lowest BCUT2D eigenvalue weighted by Crippen LogP contribution is -2.17. The van der Waals surface area contributed by atoms with E-state index in [1.165, 1.54) is 129 Å². The fourth-order valence-electron chi connectivity index (χ4n) is 10.9. The molecule has 230 valence electrons. The van der Waals surface area contributed by atoms with Crippen molar-refractivity contribution in [3.63, 3.8) is 0 Å². The first-order chi connectivity index (χ1) is 22.7. The summed E-state index contributed by atoms with van der Waals surface area (Å²) in [5.74, 6) is 3.76. The van der Waals surface area contributed by atoms with Crippen LogP contribution >= 0.6 is 0 Å². The molecule has 46 heavy (non-hydrogen) atoms. The summed E-state index contributed by atoms with van der Waals surface area (Å²) in [5, 5.41) is 5.46. The average molecular weight is 605 g/mol. The summed E-state index contributed by atoms with van der Waals surface area (Å²) in [6, 6.07) is 24.3. The molecule has 5 aromatic carbocycles. The smallest absolute Gasteiger partial charge is 0.127 e. The highest BCUT2D eigenvalue weighted by atomic mass is 16.5. The topological polar surface area (TPSA) is 24.9 Å². The number of hydrogen-bond donors (Lipinski definition) is 0. The summed E-state index contributed by atoms with van der Waals surface area (Å²) in [5.41, 5.74) is 14.4. The lowest BCUT2D eigenvalue weighted by Gasteiger charge is -2.31. The van der Waals surface area contributed by atoms with Gasteiger partial charge in [0.15, 0.2) is 0 Å². The zero-order chi connectivity index (χ0) is 30.3. The predicted octanol–water partition coefficient (Wildman–Crippen LogP) is 9.17. The van der Waals surface area contributed by atoms with Gasteiger partial charge in [-0.25, -0.2) is 0 Å². The molecule has 0 unspecified atom stereocenters.